The van der Waals surface area contributed by atoms with Gasteiger partial charge in [-0.25, -0.2) is 0 Å². The molecule has 36 heavy (non-hydrogen) atoms. The summed E-state index contributed by atoms with van der Waals surface area (Å²) >= 11 is 0. The Kier molecular flexibility index (Phi) is 23.4. The van der Waals surface area contributed by atoms with E-state index in [1.54, 1.807) is 0 Å². The molecule has 0 aliphatic heterocycles. The molecule has 0 aromatic rings. The van der Waals surface area contributed by atoms with E-state index < -0.39 is 28.0 Å². The molecule has 3 N–H and O–H groups in total. The van der Waals surface area contributed by atoms with E-state index in [0.717, 1.165) is 64.2 Å². The van der Waals surface area contributed by atoms with E-state index in [-0.39, 0.29) is 5.91 Å². The van der Waals surface area contributed by atoms with Gasteiger partial charge in [-0.05, 0) is 38.5 Å². The van der Waals surface area contributed by atoms with Gasteiger partial charge in [0, 0.05) is 6.42 Å². The van der Waals surface area contributed by atoms with E-state index >= 15 is 0 Å². The van der Waals surface area contributed by atoms with Crippen LogP contribution in [0.2, 0.25) is 0 Å². The molecule has 212 valence electrons. The van der Waals surface area contributed by atoms with Gasteiger partial charge < -0.3 is 10.4 Å². The standard InChI is InChI=1S/C29H55NO5S/c1-3-5-7-9-11-12-13-14-15-16-17-19-21-23-25-29(32)30-27(26-36(33,34)35)28(31)24-22-20-18-10-8-6-4-2/h9,11,13-14,27-28,31H,3-8,10,12,15-26H2,1-2H3,(H,30,32)(H,33,34,35)/b11-9-,14-13-. The smallest absolute Gasteiger partial charge is 0.266 e. The van der Waals surface area contributed by atoms with Gasteiger partial charge >= 0.3 is 0 Å². The quantitative estimate of drug-likeness (QED) is 0.0654. The minimum atomic E-state index is -4.29. The molecular formula is C29H55NO5S. The predicted octanol–water partition coefficient (Wildman–Crippen LogP) is 7.28. The van der Waals surface area contributed by atoms with Crippen LogP contribution >= 0.6 is 0 Å². The summed E-state index contributed by atoms with van der Waals surface area (Å²) in [6, 6.07) is -0.971. The zero-order chi connectivity index (χ0) is 26.9. The summed E-state index contributed by atoms with van der Waals surface area (Å²) in [5, 5.41) is 13.1. The maximum Gasteiger partial charge on any atom is 0.266 e. The summed E-state index contributed by atoms with van der Waals surface area (Å²) in [6.07, 6.45) is 27.1. The molecule has 0 fully saturated rings. The third kappa shape index (κ3) is 24.5. The zero-order valence-corrected chi connectivity index (χ0v) is 24.0. The summed E-state index contributed by atoms with van der Waals surface area (Å²) in [7, 11) is -4.29. The molecule has 0 saturated heterocycles. The fourth-order valence-electron chi connectivity index (χ4n) is 4.17. The fourth-order valence-corrected chi connectivity index (χ4v) is 4.93. The lowest BCUT2D eigenvalue weighted by Crippen LogP contribution is -2.47. The Labute approximate surface area is 222 Å². The van der Waals surface area contributed by atoms with E-state index in [0.29, 0.717) is 12.8 Å². The monoisotopic (exact) mass is 529 g/mol. The second-order valence-corrected chi connectivity index (χ2v) is 11.5. The Morgan fingerprint density at radius 3 is 1.89 bits per heavy atom. The van der Waals surface area contributed by atoms with Crippen molar-refractivity contribution in [2.45, 2.75) is 148 Å². The summed E-state index contributed by atoms with van der Waals surface area (Å²) in [5.74, 6) is -0.921. The summed E-state index contributed by atoms with van der Waals surface area (Å²) in [6.45, 7) is 4.38. The lowest BCUT2D eigenvalue weighted by atomic mass is 10.0. The fraction of sp³-hybridized carbons (Fsp3) is 0.828. The van der Waals surface area contributed by atoms with E-state index in [2.05, 4.69) is 43.5 Å². The van der Waals surface area contributed by atoms with Gasteiger partial charge in [0.15, 0.2) is 0 Å². The number of hydrogen-bond acceptors (Lipinski definition) is 4. The van der Waals surface area contributed by atoms with Crippen molar-refractivity contribution in [2.24, 2.45) is 0 Å². The third-order valence-electron chi connectivity index (χ3n) is 6.41. The van der Waals surface area contributed by atoms with Gasteiger partial charge in [-0.15, -0.1) is 0 Å². The highest BCUT2D eigenvalue weighted by atomic mass is 32.2. The second kappa shape index (κ2) is 24.2. The molecule has 0 aromatic carbocycles. The summed E-state index contributed by atoms with van der Waals surface area (Å²) in [5.41, 5.74) is 0. The van der Waals surface area contributed by atoms with Crippen LogP contribution in [-0.4, -0.2) is 41.9 Å². The van der Waals surface area contributed by atoms with E-state index in [1.165, 1.54) is 44.9 Å². The SMILES string of the molecule is CCCC/C=C\C/C=C\CCCCCCCC(=O)NC(CS(=O)(=O)O)C(O)CCCCCCCCC. The first-order valence-corrected chi connectivity index (χ1v) is 16.1. The Hall–Kier alpha value is -1.18. The van der Waals surface area contributed by atoms with Crippen LogP contribution in [0.4, 0.5) is 0 Å². The molecule has 2 unspecified atom stereocenters. The highest BCUT2D eigenvalue weighted by molar-refractivity contribution is 7.85. The molecule has 0 bridgehead atoms. The van der Waals surface area contributed by atoms with Gasteiger partial charge in [-0.1, -0.05) is 115 Å². The molecule has 0 spiro atoms. The third-order valence-corrected chi connectivity index (χ3v) is 7.19. The predicted molar refractivity (Wildman–Crippen MR) is 152 cm³/mol. The van der Waals surface area contributed by atoms with Crippen LogP contribution in [-0.2, 0) is 14.9 Å². The molecule has 0 heterocycles. The summed E-state index contributed by atoms with van der Waals surface area (Å²) in [4.78, 5) is 12.3. The Bertz CT molecular complexity index is 675. The van der Waals surface area contributed by atoms with Crippen LogP contribution in [0.25, 0.3) is 0 Å². The van der Waals surface area contributed by atoms with Crippen molar-refractivity contribution in [3.8, 4) is 0 Å². The number of amides is 1. The van der Waals surface area contributed by atoms with Crippen molar-refractivity contribution < 1.29 is 22.9 Å². The van der Waals surface area contributed by atoms with Gasteiger partial charge in [-0.2, -0.15) is 8.42 Å². The average Bonchev–Trinajstić information content (AvgIpc) is 2.82. The van der Waals surface area contributed by atoms with Crippen LogP contribution in [0.3, 0.4) is 0 Å². The molecule has 0 aromatic heterocycles. The number of aliphatic hydroxyl groups is 1. The maximum absolute atomic E-state index is 12.3. The molecule has 0 saturated carbocycles. The number of aliphatic hydroxyl groups excluding tert-OH is 1. The van der Waals surface area contributed by atoms with Gasteiger partial charge in [-0.3, -0.25) is 9.35 Å². The highest BCUT2D eigenvalue weighted by Gasteiger charge is 2.25. The number of hydrogen-bond donors (Lipinski definition) is 3. The molecule has 0 rings (SSSR count). The zero-order valence-electron chi connectivity index (χ0n) is 23.1. The van der Waals surface area contributed by atoms with E-state index in [4.69, 9.17) is 0 Å². The van der Waals surface area contributed by atoms with Gasteiger partial charge in [0.2, 0.25) is 5.91 Å². The van der Waals surface area contributed by atoms with Crippen molar-refractivity contribution in [3.05, 3.63) is 24.3 Å². The number of unbranched alkanes of at least 4 members (excludes halogenated alkanes) is 13. The topological polar surface area (TPSA) is 104 Å². The number of carbonyl (C=O) groups is 1. The lowest BCUT2D eigenvalue weighted by molar-refractivity contribution is -0.122. The molecule has 7 heteroatoms. The summed E-state index contributed by atoms with van der Waals surface area (Å²) < 4.78 is 32.0. The Morgan fingerprint density at radius 1 is 0.750 bits per heavy atom. The number of nitrogens with one attached hydrogen (secondary N) is 1. The Morgan fingerprint density at radius 2 is 1.28 bits per heavy atom. The second-order valence-electron chi connectivity index (χ2n) is 10.0. The van der Waals surface area contributed by atoms with Crippen LogP contribution in [0, 0.1) is 0 Å². The van der Waals surface area contributed by atoms with Crippen LogP contribution in [0.5, 0.6) is 0 Å². The largest absolute Gasteiger partial charge is 0.391 e. The average molecular weight is 530 g/mol. The van der Waals surface area contributed by atoms with Gasteiger partial charge in [0.05, 0.1) is 17.9 Å². The molecule has 0 aliphatic carbocycles. The van der Waals surface area contributed by atoms with Crippen LogP contribution < -0.4 is 5.32 Å². The molecular weight excluding hydrogens is 474 g/mol. The number of rotatable bonds is 25. The van der Waals surface area contributed by atoms with Gasteiger partial charge in [0.25, 0.3) is 10.1 Å². The maximum atomic E-state index is 12.3. The van der Waals surface area contributed by atoms with Crippen LogP contribution in [0.1, 0.15) is 136 Å². The number of allylic oxidation sites excluding steroid dienone is 4. The molecule has 6 nitrogen and oxygen atoms in total. The first-order chi connectivity index (χ1) is 17.3. The minimum Gasteiger partial charge on any atom is -0.391 e. The van der Waals surface area contributed by atoms with E-state index in [9.17, 15) is 22.9 Å². The molecule has 2 atom stereocenters. The minimum absolute atomic E-state index is 0.266. The van der Waals surface area contributed by atoms with Gasteiger partial charge in [0.1, 0.15) is 0 Å². The van der Waals surface area contributed by atoms with Crippen molar-refractivity contribution in [2.75, 3.05) is 5.75 Å². The van der Waals surface area contributed by atoms with Crippen molar-refractivity contribution in [3.63, 3.8) is 0 Å². The molecule has 1 amide bonds. The first-order valence-electron chi connectivity index (χ1n) is 14.5. The Balaban J connectivity index is 4.04. The lowest BCUT2D eigenvalue weighted by Gasteiger charge is -2.23. The number of carbonyl (C=O) groups excluding carboxylic acids is 1. The molecule has 0 radical (unpaired) electrons. The van der Waals surface area contributed by atoms with Crippen molar-refractivity contribution in [1.82, 2.24) is 5.32 Å². The first kappa shape index (κ1) is 34.8. The highest BCUT2D eigenvalue weighted by Crippen LogP contribution is 2.13. The molecule has 0 aliphatic rings. The van der Waals surface area contributed by atoms with E-state index in [1.807, 2.05) is 0 Å². The normalized spacial score (nSPS) is 14.0. The van der Waals surface area contributed by atoms with Crippen LogP contribution in [0.15, 0.2) is 24.3 Å². The van der Waals surface area contributed by atoms with Crippen molar-refractivity contribution >= 4 is 16.0 Å². The van der Waals surface area contributed by atoms with Crippen molar-refractivity contribution in [1.29, 1.82) is 0 Å².